The van der Waals surface area contributed by atoms with Crippen LogP contribution in [-0.4, -0.2) is 29.6 Å². The lowest BCUT2D eigenvalue weighted by Gasteiger charge is -2.35. The van der Waals surface area contributed by atoms with Gasteiger partial charge in [0.25, 0.3) is 0 Å². The Morgan fingerprint density at radius 2 is 1.90 bits per heavy atom. The Morgan fingerprint density at radius 3 is 2.20 bits per heavy atom. The number of nitrogens with zero attached hydrogens (tertiary/aromatic N) is 1. The summed E-state index contributed by atoms with van der Waals surface area (Å²) in [6.07, 6.45) is 0. The standard InChI is InChI=1S/C6H13NOS2/c1-5-3-8-4-6(2)7(5)10-9/h5-6,9H,3-4H2,1-2H3/t5-,6-/m1/s1. The van der Waals surface area contributed by atoms with Crippen molar-refractivity contribution in [1.29, 1.82) is 0 Å². The van der Waals surface area contributed by atoms with Crippen LogP contribution >= 0.6 is 22.6 Å². The molecule has 1 aliphatic heterocycles. The largest absolute Gasteiger partial charge is 0.378 e. The first kappa shape index (κ1) is 8.71. The maximum Gasteiger partial charge on any atom is 0.0629 e. The molecule has 2 atom stereocenters. The molecule has 0 aromatic carbocycles. The van der Waals surface area contributed by atoms with E-state index in [0.29, 0.717) is 12.1 Å². The Hall–Kier alpha value is 0.620. The molecule has 0 aromatic rings. The van der Waals surface area contributed by atoms with Crippen LogP contribution < -0.4 is 0 Å². The molecule has 0 aliphatic carbocycles. The van der Waals surface area contributed by atoms with Gasteiger partial charge in [0.1, 0.15) is 0 Å². The Morgan fingerprint density at radius 1 is 1.40 bits per heavy atom. The first-order valence-electron chi connectivity index (χ1n) is 3.43. The maximum absolute atomic E-state index is 5.34. The van der Waals surface area contributed by atoms with Crippen molar-refractivity contribution in [2.75, 3.05) is 13.2 Å². The number of rotatable bonds is 1. The molecule has 0 saturated carbocycles. The van der Waals surface area contributed by atoms with Crippen LogP contribution in [0.3, 0.4) is 0 Å². The smallest absolute Gasteiger partial charge is 0.0629 e. The van der Waals surface area contributed by atoms with Crippen molar-refractivity contribution in [2.45, 2.75) is 25.9 Å². The average Bonchev–Trinajstić information content (AvgIpc) is 1.88. The first-order chi connectivity index (χ1) is 4.75. The summed E-state index contributed by atoms with van der Waals surface area (Å²) in [7, 11) is 1.51. The van der Waals surface area contributed by atoms with Crippen molar-refractivity contribution >= 4 is 22.6 Å². The second-order valence-corrected chi connectivity index (χ2v) is 3.75. The Labute approximate surface area is 71.2 Å². The molecule has 10 heavy (non-hydrogen) atoms. The Balaban J connectivity index is 2.45. The monoisotopic (exact) mass is 179 g/mol. The third-order valence-electron chi connectivity index (χ3n) is 1.68. The van der Waals surface area contributed by atoms with E-state index in [4.69, 9.17) is 4.74 Å². The second-order valence-electron chi connectivity index (χ2n) is 2.68. The molecular formula is C6H13NOS2. The van der Waals surface area contributed by atoms with E-state index in [1.807, 2.05) is 0 Å². The highest BCUT2D eigenvalue weighted by molar-refractivity contribution is 8.67. The highest BCUT2D eigenvalue weighted by Crippen LogP contribution is 2.24. The van der Waals surface area contributed by atoms with Gasteiger partial charge in [0, 0.05) is 12.1 Å². The summed E-state index contributed by atoms with van der Waals surface area (Å²) in [5.41, 5.74) is 0. The fourth-order valence-corrected chi connectivity index (χ4v) is 2.56. The summed E-state index contributed by atoms with van der Waals surface area (Å²) >= 11 is 4.17. The van der Waals surface area contributed by atoms with E-state index in [0.717, 1.165) is 13.2 Å². The minimum absolute atomic E-state index is 0.492. The van der Waals surface area contributed by atoms with Gasteiger partial charge in [0.15, 0.2) is 0 Å². The second kappa shape index (κ2) is 3.85. The number of thiol groups is 1. The quantitative estimate of drug-likeness (QED) is 0.373. The van der Waals surface area contributed by atoms with Crippen LogP contribution in [0.5, 0.6) is 0 Å². The van der Waals surface area contributed by atoms with Crippen LogP contribution in [0, 0.1) is 0 Å². The molecule has 0 N–H and O–H groups in total. The van der Waals surface area contributed by atoms with Crippen molar-refractivity contribution in [3.63, 3.8) is 0 Å². The lowest BCUT2D eigenvalue weighted by molar-refractivity contribution is 0.0122. The number of hydrogen-bond donors (Lipinski definition) is 1. The predicted octanol–water partition coefficient (Wildman–Crippen LogP) is 1.59. The van der Waals surface area contributed by atoms with Gasteiger partial charge in [-0.15, -0.1) is 0 Å². The number of hydrogen-bond acceptors (Lipinski definition) is 4. The van der Waals surface area contributed by atoms with E-state index >= 15 is 0 Å². The summed E-state index contributed by atoms with van der Waals surface area (Å²) in [4.78, 5) is 0. The van der Waals surface area contributed by atoms with Crippen LogP contribution in [0.25, 0.3) is 0 Å². The SMILES string of the molecule is C[C@@H]1COC[C@@H](C)N1SS. The van der Waals surface area contributed by atoms with Gasteiger partial charge in [-0.25, -0.2) is 4.31 Å². The van der Waals surface area contributed by atoms with Gasteiger partial charge < -0.3 is 4.74 Å². The van der Waals surface area contributed by atoms with Crippen LogP contribution in [0.1, 0.15) is 13.8 Å². The molecular weight excluding hydrogens is 166 g/mol. The van der Waals surface area contributed by atoms with Gasteiger partial charge in [-0.05, 0) is 24.8 Å². The molecule has 60 valence electrons. The van der Waals surface area contributed by atoms with E-state index in [2.05, 4.69) is 29.8 Å². The summed E-state index contributed by atoms with van der Waals surface area (Å²) in [5.74, 6) is 0. The van der Waals surface area contributed by atoms with E-state index in [-0.39, 0.29) is 0 Å². The maximum atomic E-state index is 5.34. The Bertz CT molecular complexity index is 102. The normalized spacial score (nSPS) is 36.3. The first-order valence-corrected chi connectivity index (χ1v) is 5.26. The molecule has 0 spiro atoms. The lowest BCUT2D eigenvalue weighted by Crippen LogP contribution is -2.44. The molecule has 2 nitrogen and oxygen atoms in total. The summed E-state index contributed by atoms with van der Waals surface area (Å²) < 4.78 is 7.59. The summed E-state index contributed by atoms with van der Waals surface area (Å²) in [6, 6.07) is 0.984. The Kier molecular flexibility index (Phi) is 3.36. The van der Waals surface area contributed by atoms with Crippen molar-refractivity contribution in [2.24, 2.45) is 0 Å². The summed E-state index contributed by atoms with van der Waals surface area (Å²) in [5, 5.41) is 0. The van der Waals surface area contributed by atoms with Crippen molar-refractivity contribution in [3.8, 4) is 0 Å². The number of ether oxygens (including phenoxy) is 1. The fraction of sp³-hybridized carbons (Fsp3) is 1.00. The molecule has 1 aliphatic rings. The van der Waals surface area contributed by atoms with Crippen LogP contribution in [0.15, 0.2) is 0 Å². The highest BCUT2D eigenvalue weighted by atomic mass is 33.1. The molecule has 4 heteroatoms. The van der Waals surface area contributed by atoms with Gasteiger partial charge in [-0.1, -0.05) is 11.7 Å². The van der Waals surface area contributed by atoms with Gasteiger partial charge in [0.05, 0.1) is 13.2 Å². The summed E-state index contributed by atoms with van der Waals surface area (Å²) in [6.45, 7) is 5.97. The third-order valence-corrected chi connectivity index (χ3v) is 3.16. The van der Waals surface area contributed by atoms with E-state index < -0.39 is 0 Å². The van der Waals surface area contributed by atoms with Crippen LogP contribution in [-0.2, 0) is 4.74 Å². The molecule has 0 aromatic heterocycles. The molecule has 0 bridgehead atoms. The van der Waals surface area contributed by atoms with Crippen molar-refractivity contribution < 1.29 is 4.74 Å². The van der Waals surface area contributed by atoms with Gasteiger partial charge in [-0.3, -0.25) is 0 Å². The van der Waals surface area contributed by atoms with Crippen LogP contribution in [0.4, 0.5) is 0 Å². The molecule has 1 heterocycles. The zero-order valence-corrected chi connectivity index (χ0v) is 7.99. The van der Waals surface area contributed by atoms with Gasteiger partial charge in [0.2, 0.25) is 0 Å². The topological polar surface area (TPSA) is 12.5 Å². The molecule has 1 rings (SSSR count). The molecule has 0 radical (unpaired) electrons. The van der Waals surface area contributed by atoms with Gasteiger partial charge >= 0.3 is 0 Å². The zero-order valence-electron chi connectivity index (χ0n) is 6.28. The number of morpholine rings is 1. The molecule has 0 amide bonds. The van der Waals surface area contributed by atoms with Crippen LogP contribution in [0.2, 0.25) is 0 Å². The van der Waals surface area contributed by atoms with E-state index in [9.17, 15) is 0 Å². The average molecular weight is 179 g/mol. The molecule has 0 unspecified atom stereocenters. The van der Waals surface area contributed by atoms with Crippen molar-refractivity contribution in [3.05, 3.63) is 0 Å². The fourth-order valence-electron chi connectivity index (χ4n) is 1.15. The van der Waals surface area contributed by atoms with Gasteiger partial charge in [-0.2, -0.15) is 0 Å². The van der Waals surface area contributed by atoms with E-state index in [1.165, 1.54) is 11.0 Å². The zero-order chi connectivity index (χ0) is 7.56. The molecule has 1 saturated heterocycles. The van der Waals surface area contributed by atoms with Crippen molar-refractivity contribution in [1.82, 2.24) is 4.31 Å². The molecule has 1 fully saturated rings. The lowest BCUT2D eigenvalue weighted by atomic mass is 10.2. The minimum atomic E-state index is 0.492. The van der Waals surface area contributed by atoms with E-state index in [1.54, 1.807) is 0 Å². The highest BCUT2D eigenvalue weighted by Gasteiger charge is 2.24. The third kappa shape index (κ3) is 1.81. The predicted molar refractivity (Wildman–Crippen MR) is 48.2 cm³/mol. The minimum Gasteiger partial charge on any atom is -0.378 e.